The van der Waals surface area contributed by atoms with Gasteiger partial charge in [-0.05, 0) is 18.5 Å². The van der Waals surface area contributed by atoms with E-state index in [2.05, 4.69) is 9.69 Å². The second kappa shape index (κ2) is 5.91. The van der Waals surface area contributed by atoms with Crippen LogP contribution < -0.4 is 11.1 Å². The Kier molecular flexibility index (Phi) is 4.79. The lowest BCUT2D eigenvalue weighted by molar-refractivity contribution is -0.0372. The zero-order chi connectivity index (χ0) is 13.8. The summed E-state index contributed by atoms with van der Waals surface area (Å²) in [5.74, 6) is -4.09. The van der Waals surface area contributed by atoms with Crippen LogP contribution in [0.5, 0.6) is 0 Å². The summed E-state index contributed by atoms with van der Waals surface area (Å²) in [6, 6.07) is 0. The fourth-order valence-electron chi connectivity index (χ4n) is 1.09. The van der Waals surface area contributed by atoms with E-state index in [0.717, 1.165) is 11.5 Å². The second-order valence-electron chi connectivity index (χ2n) is 3.36. The average molecular weight is 281 g/mol. The molecule has 1 heterocycles. The van der Waals surface area contributed by atoms with E-state index < -0.39 is 25.0 Å². The molecule has 0 aliphatic carbocycles. The summed E-state index contributed by atoms with van der Waals surface area (Å²) in [7, 11) is 0. The molecule has 0 unspecified atom stereocenters. The number of nitrogens with zero attached hydrogens (tertiary/aromatic N) is 1. The number of alkyl halides is 2. The second-order valence-corrected chi connectivity index (χ2v) is 4.13. The number of hydrogen-bond acceptors (Lipinski definition) is 7. The maximum Gasteiger partial charge on any atom is 0.344 e. The van der Waals surface area contributed by atoms with E-state index in [1.165, 1.54) is 0 Å². The molecule has 0 fully saturated rings. The van der Waals surface area contributed by atoms with Crippen LogP contribution in [0, 0.1) is 0 Å². The Hall–Kier alpha value is -1.48. The highest BCUT2D eigenvalue weighted by Crippen LogP contribution is 2.28. The van der Waals surface area contributed by atoms with Gasteiger partial charge in [0, 0.05) is 0 Å². The van der Waals surface area contributed by atoms with Crippen LogP contribution in [0.3, 0.4) is 0 Å². The first-order valence-corrected chi connectivity index (χ1v) is 5.83. The number of esters is 1. The lowest BCUT2D eigenvalue weighted by Gasteiger charge is -2.14. The maximum atomic E-state index is 12.9. The minimum Gasteiger partial charge on any atom is -0.462 e. The zero-order valence-corrected chi connectivity index (χ0v) is 10.4. The molecule has 9 heteroatoms. The van der Waals surface area contributed by atoms with E-state index in [0.29, 0.717) is 0 Å². The number of aliphatic hydroxyl groups is 1. The predicted molar refractivity (Wildman–Crippen MR) is 63.0 cm³/mol. The Morgan fingerprint density at radius 1 is 1.67 bits per heavy atom. The minimum atomic E-state index is -3.29. The quantitative estimate of drug-likeness (QED) is 0.671. The number of nitrogens with two attached hydrogens (primary N) is 1. The van der Waals surface area contributed by atoms with E-state index >= 15 is 0 Å². The van der Waals surface area contributed by atoms with Crippen LogP contribution >= 0.6 is 11.5 Å². The molecule has 0 atom stereocenters. The van der Waals surface area contributed by atoms with Gasteiger partial charge in [-0.2, -0.15) is 4.37 Å². The van der Waals surface area contributed by atoms with Crippen LogP contribution in [-0.2, 0) is 4.74 Å². The van der Waals surface area contributed by atoms with Gasteiger partial charge in [-0.15, -0.1) is 0 Å². The molecule has 0 aromatic carbocycles. The van der Waals surface area contributed by atoms with Gasteiger partial charge >= 0.3 is 5.97 Å². The van der Waals surface area contributed by atoms with Gasteiger partial charge in [0.15, 0.2) is 5.82 Å². The third-order valence-corrected chi connectivity index (χ3v) is 2.76. The lowest BCUT2D eigenvalue weighted by atomic mass is 10.3. The molecule has 1 aromatic rings. The zero-order valence-electron chi connectivity index (χ0n) is 9.57. The van der Waals surface area contributed by atoms with Crippen LogP contribution in [0.15, 0.2) is 0 Å². The number of rotatable bonds is 6. The molecular weight excluding hydrogens is 268 g/mol. The van der Waals surface area contributed by atoms with Crippen LogP contribution in [0.2, 0.25) is 0 Å². The molecule has 0 aliphatic rings. The highest BCUT2D eigenvalue weighted by atomic mass is 32.1. The van der Waals surface area contributed by atoms with Crippen molar-refractivity contribution < 1.29 is 23.4 Å². The number of carbonyl (C=O) groups excluding carboxylic acids is 1. The molecule has 0 radical (unpaired) electrons. The van der Waals surface area contributed by atoms with Gasteiger partial charge in [-0.1, -0.05) is 0 Å². The number of carbonyl (C=O) groups is 1. The first-order valence-electron chi connectivity index (χ1n) is 5.06. The van der Waals surface area contributed by atoms with Crippen molar-refractivity contribution >= 4 is 28.3 Å². The molecule has 0 bridgehead atoms. The number of aliphatic hydroxyl groups excluding tert-OH is 1. The van der Waals surface area contributed by atoms with Gasteiger partial charge in [0.05, 0.1) is 13.2 Å². The van der Waals surface area contributed by atoms with E-state index in [1.54, 1.807) is 6.92 Å². The van der Waals surface area contributed by atoms with Crippen molar-refractivity contribution in [2.24, 2.45) is 0 Å². The Labute approximate surface area is 106 Å². The maximum absolute atomic E-state index is 12.9. The van der Waals surface area contributed by atoms with Crippen molar-refractivity contribution in [2.45, 2.75) is 12.8 Å². The van der Waals surface area contributed by atoms with Crippen molar-refractivity contribution in [3.05, 3.63) is 5.56 Å². The van der Waals surface area contributed by atoms with E-state index in [-0.39, 0.29) is 23.0 Å². The third kappa shape index (κ3) is 3.50. The summed E-state index contributed by atoms with van der Waals surface area (Å²) >= 11 is 0.780. The van der Waals surface area contributed by atoms with Crippen LogP contribution in [0.4, 0.5) is 19.6 Å². The third-order valence-electron chi connectivity index (χ3n) is 1.94. The number of hydrogen-bond donors (Lipinski definition) is 3. The van der Waals surface area contributed by atoms with Crippen molar-refractivity contribution in [1.29, 1.82) is 0 Å². The summed E-state index contributed by atoms with van der Waals surface area (Å²) < 4.78 is 34.1. The van der Waals surface area contributed by atoms with Crippen molar-refractivity contribution in [2.75, 3.05) is 30.8 Å². The summed E-state index contributed by atoms with van der Waals surface area (Å²) in [5.41, 5.74) is 5.41. The molecule has 0 saturated carbocycles. The molecule has 102 valence electrons. The molecule has 18 heavy (non-hydrogen) atoms. The number of aromatic nitrogens is 1. The van der Waals surface area contributed by atoms with Crippen LogP contribution in [0.1, 0.15) is 17.3 Å². The molecule has 0 saturated heterocycles. The standard InChI is InChI=1S/C9H13F2N3O3S/c1-2-17-8(16)5-6(12)14-18-7(5)13-3-9(10,11)4-15/h13,15H,2-4H2,1H3,(H2,12,14). The van der Waals surface area contributed by atoms with Gasteiger partial charge in [-0.25, -0.2) is 13.6 Å². The number of nitrogens with one attached hydrogen (secondary N) is 1. The molecule has 0 amide bonds. The minimum absolute atomic E-state index is 0.0596. The molecular formula is C9H13F2N3O3S. The summed E-state index contributed by atoms with van der Waals surface area (Å²) in [6.07, 6.45) is 0. The Morgan fingerprint density at radius 3 is 2.89 bits per heavy atom. The van der Waals surface area contributed by atoms with Gasteiger partial charge < -0.3 is 20.9 Å². The van der Waals surface area contributed by atoms with Gasteiger partial charge in [0.1, 0.15) is 17.2 Å². The number of halogens is 2. The van der Waals surface area contributed by atoms with E-state index in [1.807, 2.05) is 0 Å². The predicted octanol–water partition coefficient (Wildman–Crippen LogP) is 0.941. The van der Waals surface area contributed by atoms with Crippen molar-refractivity contribution in [3.8, 4) is 0 Å². The topological polar surface area (TPSA) is 97.5 Å². The number of nitrogen functional groups attached to an aromatic ring is 1. The molecule has 4 N–H and O–H groups in total. The summed E-state index contributed by atoms with van der Waals surface area (Å²) in [6.45, 7) is -0.359. The summed E-state index contributed by atoms with van der Waals surface area (Å²) in [4.78, 5) is 11.5. The average Bonchev–Trinajstić information content (AvgIpc) is 2.68. The fourth-order valence-corrected chi connectivity index (χ4v) is 1.79. The number of anilines is 2. The van der Waals surface area contributed by atoms with Crippen LogP contribution in [0.25, 0.3) is 0 Å². The van der Waals surface area contributed by atoms with Gasteiger partial charge in [-0.3, -0.25) is 0 Å². The smallest absolute Gasteiger partial charge is 0.344 e. The van der Waals surface area contributed by atoms with Crippen molar-refractivity contribution in [1.82, 2.24) is 4.37 Å². The SMILES string of the molecule is CCOC(=O)c1c(N)nsc1NCC(F)(F)CO. The largest absolute Gasteiger partial charge is 0.462 e. The van der Waals surface area contributed by atoms with Crippen LogP contribution in [-0.4, -0.2) is 41.1 Å². The summed E-state index contributed by atoms with van der Waals surface area (Å²) in [5, 5.41) is 10.8. The lowest BCUT2D eigenvalue weighted by Crippen LogP contribution is -2.31. The Morgan fingerprint density at radius 2 is 2.33 bits per heavy atom. The van der Waals surface area contributed by atoms with E-state index in [4.69, 9.17) is 15.6 Å². The van der Waals surface area contributed by atoms with E-state index in [9.17, 15) is 13.6 Å². The first kappa shape index (κ1) is 14.6. The normalized spacial score (nSPS) is 11.3. The van der Waals surface area contributed by atoms with Gasteiger partial charge in [0.25, 0.3) is 5.92 Å². The Balaban J connectivity index is 2.81. The molecule has 0 aliphatic heterocycles. The fraction of sp³-hybridized carbons (Fsp3) is 0.556. The number of ether oxygens (including phenoxy) is 1. The first-order chi connectivity index (χ1) is 8.41. The molecule has 6 nitrogen and oxygen atoms in total. The molecule has 1 aromatic heterocycles. The van der Waals surface area contributed by atoms with Crippen molar-refractivity contribution in [3.63, 3.8) is 0 Å². The highest BCUT2D eigenvalue weighted by Gasteiger charge is 2.29. The Bertz CT molecular complexity index is 425. The highest BCUT2D eigenvalue weighted by molar-refractivity contribution is 7.11. The monoisotopic (exact) mass is 281 g/mol. The molecule has 0 spiro atoms. The van der Waals surface area contributed by atoms with Gasteiger partial charge in [0.2, 0.25) is 0 Å². The molecule has 1 rings (SSSR count).